The molecule has 2 N–H and O–H groups in total. The molecule has 126 valence electrons. The van der Waals surface area contributed by atoms with Crippen molar-refractivity contribution < 1.29 is 14.6 Å². The number of aliphatic hydroxyl groups is 1. The Morgan fingerprint density at radius 3 is 2.33 bits per heavy atom. The van der Waals surface area contributed by atoms with Gasteiger partial charge in [-0.05, 0) is 36.3 Å². The first-order chi connectivity index (χ1) is 11.6. The molecule has 0 bridgehead atoms. The van der Waals surface area contributed by atoms with E-state index in [9.17, 15) is 9.90 Å². The minimum Gasteiger partial charge on any atom is -0.452 e. The van der Waals surface area contributed by atoms with Gasteiger partial charge in [-0.15, -0.1) is 0 Å². The molecule has 1 unspecified atom stereocenters. The van der Waals surface area contributed by atoms with Crippen LogP contribution >= 0.6 is 11.6 Å². The van der Waals surface area contributed by atoms with Gasteiger partial charge in [-0.2, -0.15) is 0 Å². The molecule has 0 saturated carbocycles. The Labute approximate surface area is 146 Å². The number of piperidine rings is 1. The van der Waals surface area contributed by atoms with Crippen LogP contribution in [0.1, 0.15) is 30.1 Å². The Hall–Kier alpha value is -1.88. The zero-order valence-electron chi connectivity index (χ0n) is 13.2. The Morgan fingerprint density at radius 2 is 1.71 bits per heavy atom. The third-order valence-corrected chi connectivity index (χ3v) is 4.67. The number of rotatable bonds is 4. The van der Waals surface area contributed by atoms with Crippen LogP contribution in [0.5, 0.6) is 0 Å². The number of benzene rings is 2. The topological polar surface area (TPSA) is 58.6 Å². The maximum Gasteiger partial charge on any atom is 0.340 e. The van der Waals surface area contributed by atoms with E-state index in [0.29, 0.717) is 23.4 Å². The predicted molar refractivity (Wildman–Crippen MR) is 92.7 cm³/mol. The molecule has 5 heteroatoms. The highest BCUT2D eigenvalue weighted by Crippen LogP contribution is 2.36. The molecule has 2 aromatic carbocycles. The average Bonchev–Trinajstić information content (AvgIpc) is 2.63. The number of aliphatic hydroxyl groups excluding tert-OH is 1. The van der Waals surface area contributed by atoms with Gasteiger partial charge in [0.1, 0.15) is 5.60 Å². The monoisotopic (exact) mass is 345 g/mol. The molecule has 1 saturated heterocycles. The molecule has 0 aromatic heterocycles. The molecule has 0 spiro atoms. The van der Waals surface area contributed by atoms with Crippen LogP contribution in [-0.4, -0.2) is 24.2 Å². The second-order valence-corrected chi connectivity index (χ2v) is 6.42. The van der Waals surface area contributed by atoms with E-state index < -0.39 is 17.7 Å². The van der Waals surface area contributed by atoms with Gasteiger partial charge in [-0.1, -0.05) is 54.1 Å². The van der Waals surface area contributed by atoms with Gasteiger partial charge in [0.2, 0.25) is 0 Å². The number of nitrogens with one attached hydrogen (secondary N) is 1. The largest absolute Gasteiger partial charge is 0.452 e. The van der Waals surface area contributed by atoms with Crippen LogP contribution < -0.4 is 5.32 Å². The van der Waals surface area contributed by atoms with Crippen LogP contribution in [0.25, 0.3) is 0 Å². The summed E-state index contributed by atoms with van der Waals surface area (Å²) in [6, 6.07) is 16.3. The Kier molecular flexibility index (Phi) is 5.19. The van der Waals surface area contributed by atoms with Gasteiger partial charge in [0.15, 0.2) is 6.10 Å². The van der Waals surface area contributed by atoms with Crippen LogP contribution in [-0.2, 0) is 15.1 Å². The van der Waals surface area contributed by atoms with Crippen molar-refractivity contribution in [2.75, 3.05) is 13.1 Å². The molecule has 0 amide bonds. The second-order valence-electron chi connectivity index (χ2n) is 5.99. The summed E-state index contributed by atoms with van der Waals surface area (Å²) in [5, 5.41) is 14.2. The van der Waals surface area contributed by atoms with Gasteiger partial charge >= 0.3 is 5.97 Å². The number of hydrogen-bond acceptors (Lipinski definition) is 4. The molecule has 1 fully saturated rings. The van der Waals surface area contributed by atoms with Crippen molar-refractivity contribution in [2.24, 2.45) is 0 Å². The van der Waals surface area contributed by atoms with E-state index in [1.54, 1.807) is 24.3 Å². The maximum absolute atomic E-state index is 12.5. The highest BCUT2D eigenvalue weighted by Gasteiger charge is 2.39. The van der Waals surface area contributed by atoms with E-state index in [2.05, 4.69) is 5.32 Å². The minimum absolute atomic E-state index is 0.474. The molecule has 0 radical (unpaired) electrons. The van der Waals surface area contributed by atoms with Crippen molar-refractivity contribution >= 4 is 17.6 Å². The molecule has 24 heavy (non-hydrogen) atoms. The third-order valence-electron chi connectivity index (χ3n) is 4.42. The SMILES string of the molecule is O=C(OC1(c2ccccc2)CCNCC1)C(O)c1ccc(Cl)cc1. The zero-order chi connectivity index (χ0) is 17.0. The molecule has 2 aromatic rings. The van der Waals surface area contributed by atoms with Gasteiger partial charge in [0.25, 0.3) is 0 Å². The number of esters is 1. The lowest BCUT2D eigenvalue weighted by atomic mass is 9.84. The standard InChI is InChI=1S/C19H20ClNO3/c20-16-8-6-14(7-9-16)17(22)18(23)24-19(10-12-21-13-11-19)15-4-2-1-3-5-15/h1-9,17,21-22H,10-13H2. The van der Waals surface area contributed by atoms with Crippen LogP contribution in [0, 0.1) is 0 Å². The van der Waals surface area contributed by atoms with Crippen LogP contribution in [0.4, 0.5) is 0 Å². The molecule has 1 aliphatic heterocycles. The quantitative estimate of drug-likeness (QED) is 0.835. The summed E-state index contributed by atoms with van der Waals surface area (Å²) in [6.07, 6.45) is 0.0318. The first kappa shape index (κ1) is 17.0. The summed E-state index contributed by atoms with van der Waals surface area (Å²) in [4.78, 5) is 12.5. The Balaban J connectivity index is 1.82. The van der Waals surface area contributed by atoms with Gasteiger partial charge in [0, 0.05) is 17.9 Å². The summed E-state index contributed by atoms with van der Waals surface area (Å²) in [6.45, 7) is 1.53. The molecule has 4 nitrogen and oxygen atoms in total. The Bertz CT molecular complexity index is 682. The number of hydrogen-bond donors (Lipinski definition) is 2. The predicted octanol–water partition coefficient (Wildman–Crippen LogP) is 3.20. The van der Waals surface area contributed by atoms with E-state index in [-0.39, 0.29) is 0 Å². The minimum atomic E-state index is -1.32. The number of carbonyl (C=O) groups is 1. The van der Waals surface area contributed by atoms with Gasteiger partial charge in [-0.3, -0.25) is 0 Å². The van der Waals surface area contributed by atoms with Crippen molar-refractivity contribution in [2.45, 2.75) is 24.5 Å². The molecule has 1 atom stereocenters. The lowest BCUT2D eigenvalue weighted by molar-refractivity contribution is -0.175. The van der Waals surface area contributed by atoms with Crippen molar-refractivity contribution in [1.82, 2.24) is 5.32 Å². The average molecular weight is 346 g/mol. The first-order valence-electron chi connectivity index (χ1n) is 8.03. The molecule has 1 aliphatic rings. The second kappa shape index (κ2) is 7.34. The summed E-state index contributed by atoms with van der Waals surface area (Å²) in [7, 11) is 0. The van der Waals surface area contributed by atoms with E-state index >= 15 is 0 Å². The molecular formula is C19H20ClNO3. The fourth-order valence-corrected chi connectivity index (χ4v) is 3.18. The fraction of sp³-hybridized carbons (Fsp3) is 0.316. The molecular weight excluding hydrogens is 326 g/mol. The summed E-state index contributed by atoms with van der Waals surface area (Å²) in [5.41, 5.74) is 0.737. The van der Waals surface area contributed by atoms with Crippen molar-refractivity contribution in [3.63, 3.8) is 0 Å². The van der Waals surface area contributed by atoms with Crippen molar-refractivity contribution in [1.29, 1.82) is 0 Å². The maximum atomic E-state index is 12.5. The van der Waals surface area contributed by atoms with Crippen LogP contribution in [0.3, 0.4) is 0 Å². The van der Waals surface area contributed by atoms with Gasteiger partial charge in [0.05, 0.1) is 0 Å². The van der Waals surface area contributed by atoms with Crippen LogP contribution in [0.15, 0.2) is 54.6 Å². The highest BCUT2D eigenvalue weighted by atomic mass is 35.5. The highest BCUT2D eigenvalue weighted by molar-refractivity contribution is 6.30. The smallest absolute Gasteiger partial charge is 0.340 e. The third kappa shape index (κ3) is 3.61. The van der Waals surface area contributed by atoms with E-state index in [0.717, 1.165) is 18.7 Å². The van der Waals surface area contributed by atoms with Gasteiger partial charge < -0.3 is 15.2 Å². The van der Waals surface area contributed by atoms with E-state index in [1.807, 2.05) is 30.3 Å². The Morgan fingerprint density at radius 1 is 1.08 bits per heavy atom. The van der Waals surface area contributed by atoms with E-state index in [4.69, 9.17) is 16.3 Å². The van der Waals surface area contributed by atoms with Gasteiger partial charge in [-0.25, -0.2) is 4.79 Å². The summed E-state index contributed by atoms with van der Waals surface area (Å²) >= 11 is 5.85. The summed E-state index contributed by atoms with van der Waals surface area (Å²) in [5.74, 6) is -0.636. The normalized spacial score (nSPS) is 17.9. The zero-order valence-corrected chi connectivity index (χ0v) is 14.0. The molecule has 1 heterocycles. The van der Waals surface area contributed by atoms with E-state index in [1.165, 1.54) is 0 Å². The van der Waals surface area contributed by atoms with Crippen molar-refractivity contribution in [3.05, 3.63) is 70.7 Å². The summed E-state index contributed by atoms with van der Waals surface area (Å²) < 4.78 is 5.85. The first-order valence-corrected chi connectivity index (χ1v) is 8.41. The lowest BCUT2D eigenvalue weighted by Gasteiger charge is -2.38. The lowest BCUT2D eigenvalue weighted by Crippen LogP contribution is -2.43. The fourth-order valence-electron chi connectivity index (χ4n) is 3.05. The number of carbonyl (C=O) groups excluding carboxylic acids is 1. The van der Waals surface area contributed by atoms with Crippen molar-refractivity contribution in [3.8, 4) is 0 Å². The molecule has 3 rings (SSSR count). The van der Waals surface area contributed by atoms with Crippen LogP contribution in [0.2, 0.25) is 5.02 Å². The molecule has 0 aliphatic carbocycles. The number of ether oxygens (including phenoxy) is 1. The number of halogens is 1.